The Kier molecular flexibility index (Phi) is 5.32. The number of nitrogens with one attached hydrogen (secondary N) is 1. The number of thiophene rings is 1. The van der Waals surface area contributed by atoms with Gasteiger partial charge in [0, 0.05) is 13.1 Å². The molecule has 9 heteroatoms. The van der Waals surface area contributed by atoms with E-state index in [1.807, 2.05) is 6.07 Å². The van der Waals surface area contributed by atoms with E-state index in [0.717, 1.165) is 22.3 Å². The highest BCUT2D eigenvalue weighted by molar-refractivity contribution is 7.91. The molecule has 1 aromatic heterocycles. The Morgan fingerprint density at radius 1 is 1.24 bits per heavy atom. The number of likely N-dealkylation sites (tertiary alicyclic amines) is 1. The zero-order valence-corrected chi connectivity index (χ0v) is 17.5. The van der Waals surface area contributed by atoms with E-state index in [9.17, 15) is 13.2 Å². The molecule has 1 aliphatic rings. The molecule has 1 atom stereocenters. The van der Waals surface area contributed by atoms with Crippen LogP contribution in [0.4, 0.5) is 0 Å². The van der Waals surface area contributed by atoms with E-state index >= 15 is 0 Å². The number of nitrogens with zero attached hydrogens (tertiary/aromatic N) is 2. The lowest BCUT2D eigenvalue weighted by molar-refractivity contribution is -0.129. The number of hydrogen-bond donors (Lipinski definition) is 1. The van der Waals surface area contributed by atoms with Gasteiger partial charge in [0.15, 0.2) is 0 Å². The van der Waals surface area contributed by atoms with E-state index in [-0.39, 0.29) is 10.1 Å². The smallest absolute Gasteiger partial charge is 0.250 e. The summed E-state index contributed by atoms with van der Waals surface area (Å²) in [6, 6.07) is 15.1. The van der Waals surface area contributed by atoms with Crippen LogP contribution in [0.15, 0.2) is 52.7 Å². The summed E-state index contributed by atoms with van der Waals surface area (Å²) in [7, 11) is -3.84. The Balaban J connectivity index is 1.49. The Morgan fingerprint density at radius 2 is 2.03 bits per heavy atom. The highest BCUT2D eigenvalue weighted by Gasteiger charge is 2.35. The van der Waals surface area contributed by atoms with Crippen molar-refractivity contribution in [2.24, 2.45) is 0 Å². The Hall–Kier alpha value is -2.44. The first kappa shape index (κ1) is 19.9. The standard InChI is InChI=1S/C20H16ClN3O3S2/c21-16-6-2-5-15-10-18(28-19(15)16)29(26,27)23-17-7-8-24(20(17)25)12-14-4-1-3-13(9-14)11-22/h1-6,9-10,17,23H,7-8,12H2/t17-/m0/s1. The quantitative estimate of drug-likeness (QED) is 0.650. The van der Waals surface area contributed by atoms with Crippen LogP contribution < -0.4 is 4.72 Å². The Morgan fingerprint density at radius 3 is 2.79 bits per heavy atom. The Labute approximate surface area is 177 Å². The fourth-order valence-corrected chi connectivity index (χ4v) is 6.27. The number of carbonyl (C=O) groups excluding carboxylic acids is 1. The van der Waals surface area contributed by atoms with Crippen LogP contribution in [-0.4, -0.2) is 31.8 Å². The van der Waals surface area contributed by atoms with Crippen molar-refractivity contribution in [2.75, 3.05) is 6.54 Å². The molecular weight excluding hydrogens is 430 g/mol. The van der Waals surface area contributed by atoms with Crippen LogP contribution in [0.25, 0.3) is 10.1 Å². The summed E-state index contributed by atoms with van der Waals surface area (Å²) in [4.78, 5) is 14.3. The molecule has 1 fully saturated rings. The maximum absolute atomic E-state index is 12.8. The molecule has 1 amide bonds. The molecule has 0 saturated carbocycles. The van der Waals surface area contributed by atoms with Crippen LogP contribution in [0, 0.1) is 11.3 Å². The van der Waals surface area contributed by atoms with Gasteiger partial charge in [-0.2, -0.15) is 9.98 Å². The minimum Gasteiger partial charge on any atom is -0.337 e. The largest absolute Gasteiger partial charge is 0.337 e. The lowest BCUT2D eigenvalue weighted by Crippen LogP contribution is -2.41. The Bertz CT molecular complexity index is 1250. The molecule has 1 aliphatic heterocycles. The average Bonchev–Trinajstić information content (AvgIpc) is 3.29. The maximum Gasteiger partial charge on any atom is 0.250 e. The highest BCUT2D eigenvalue weighted by atomic mass is 35.5. The van der Waals surface area contributed by atoms with Crippen molar-refractivity contribution in [3.63, 3.8) is 0 Å². The van der Waals surface area contributed by atoms with Crippen LogP contribution in [-0.2, 0) is 21.4 Å². The monoisotopic (exact) mass is 445 g/mol. The highest BCUT2D eigenvalue weighted by Crippen LogP contribution is 2.34. The summed E-state index contributed by atoms with van der Waals surface area (Å²) < 4.78 is 29.0. The normalized spacial score (nSPS) is 17.0. The van der Waals surface area contributed by atoms with Gasteiger partial charge >= 0.3 is 0 Å². The van der Waals surface area contributed by atoms with Crippen molar-refractivity contribution in [3.8, 4) is 6.07 Å². The van der Waals surface area contributed by atoms with Crippen molar-refractivity contribution in [1.82, 2.24) is 9.62 Å². The van der Waals surface area contributed by atoms with Crippen molar-refractivity contribution >= 4 is 49.0 Å². The first-order chi connectivity index (χ1) is 13.9. The van der Waals surface area contributed by atoms with Crippen molar-refractivity contribution in [2.45, 2.75) is 23.2 Å². The predicted octanol–water partition coefficient (Wildman–Crippen LogP) is 3.51. The molecule has 1 saturated heterocycles. The molecular formula is C20H16ClN3O3S2. The molecule has 29 heavy (non-hydrogen) atoms. The molecule has 0 aliphatic carbocycles. The molecule has 4 rings (SSSR count). The van der Waals surface area contributed by atoms with Gasteiger partial charge in [-0.15, -0.1) is 11.3 Å². The first-order valence-corrected chi connectivity index (χ1v) is 11.5. The van der Waals surface area contributed by atoms with Gasteiger partial charge in [0.1, 0.15) is 10.3 Å². The van der Waals surface area contributed by atoms with Gasteiger partial charge in [0.25, 0.3) is 10.0 Å². The van der Waals surface area contributed by atoms with E-state index in [0.29, 0.717) is 34.8 Å². The van der Waals surface area contributed by atoms with Crippen LogP contribution in [0.5, 0.6) is 0 Å². The molecule has 0 bridgehead atoms. The second-order valence-corrected chi connectivity index (χ2v) is 10.2. The number of rotatable bonds is 5. The fraction of sp³-hybridized carbons (Fsp3) is 0.200. The number of amides is 1. The molecule has 3 aromatic rings. The summed E-state index contributed by atoms with van der Waals surface area (Å²) in [6.07, 6.45) is 0.391. The number of nitriles is 1. The summed E-state index contributed by atoms with van der Waals surface area (Å²) in [6.45, 7) is 0.784. The molecule has 148 valence electrons. The predicted molar refractivity (Wildman–Crippen MR) is 112 cm³/mol. The van der Waals surface area contributed by atoms with Gasteiger partial charge in [0.05, 0.1) is 21.4 Å². The number of benzene rings is 2. The van der Waals surface area contributed by atoms with Gasteiger partial charge < -0.3 is 4.90 Å². The van der Waals surface area contributed by atoms with E-state index in [2.05, 4.69) is 10.8 Å². The zero-order valence-electron chi connectivity index (χ0n) is 15.1. The third-order valence-electron chi connectivity index (χ3n) is 4.76. The second kappa shape index (κ2) is 7.76. The molecule has 1 N–H and O–H groups in total. The second-order valence-electron chi connectivity index (χ2n) is 6.76. The van der Waals surface area contributed by atoms with E-state index in [1.165, 1.54) is 0 Å². The fourth-order valence-electron chi connectivity index (χ4n) is 3.35. The van der Waals surface area contributed by atoms with Crippen LogP contribution in [0.1, 0.15) is 17.5 Å². The van der Waals surface area contributed by atoms with Gasteiger partial charge in [-0.3, -0.25) is 4.79 Å². The van der Waals surface area contributed by atoms with Gasteiger partial charge in [-0.05, 0) is 41.6 Å². The number of hydrogen-bond acceptors (Lipinski definition) is 5. The number of sulfonamides is 1. The minimum absolute atomic E-state index is 0.133. The summed E-state index contributed by atoms with van der Waals surface area (Å²) in [5.74, 6) is -0.268. The number of carbonyl (C=O) groups is 1. The SMILES string of the molecule is N#Cc1cccc(CN2CC[C@H](NS(=O)(=O)c3cc4cccc(Cl)c4s3)C2=O)c1. The number of fused-ring (bicyclic) bond motifs is 1. The van der Waals surface area contributed by atoms with E-state index in [4.69, 9.17) is 16.9 Å². The van der Waals surface area contributed by atoms with Gasteiger partial charge in [-0.25, -0.2) is 8.42 Å². The van der Waals surface area contributed by atoms with Crippen LogP contribution in [0.2, 0.25) is 5.02 Å². The van der Waals surface area contributed by atoms with E-state index in [1.54, 1.807) is 47.4 Å². The maximum atomic E-state index is 12.8. The lowest BCUT2D eigenvalue weighted by atomic mass is 10.1. The van der Waals surface area contributed by atoms with E-state index < -0.39 is 16.1 Å². The van der Waals surface area contributed by atoms with Gasteiger partial charge in [0.2, 0.25) is 5.91 Å². The molecule has 0 spiro atoms. The van der Waals surface area contributed by atoms with Crippen molar-refractivity contribution in [3.05, 3.63) is 64.7 Å². The third kappa shape index (κ3) is 4.00. The topological polar surface area (TPSA) is 90.3 Å². The summed E-state index contributed by atoms with van der Waals surface area (Å²) >= 11 is 7.23. The van der Waals surface area contributed by atoms with Gasteiger partial charge in [-0.1, -0.05) is 35.9 Å². The molecule has 0 radical (unpaired) electrons. The first-order valence-electron chi connectivity index (χ1n) is 8.85. The zero-order chi connectivity index (χ0) is 20.6. The minimum atomic E-state index is -3.84. The van der Waals surface area contributed by atoms with Crippen LogP contribution >= 0.6 is 22.9 Å². The lowest BCUT2D eigenvalue weighted by Gasteiger charge is -2.17. The average molecular weight is 446 g/mol. The summed E-state index contributed by atoms with van der Waals surface area (Å²) in [5.41, 5.74) is 1.36. The molecule has 2 heterocycles. The van der Waals surface area contributed by atoms with Crippen molar-refractivity contribution < 1.29 is 13.2 Å². The molecule has 6 nitrogen and oxygen atoms in total. The van der Waals surface area contributed by atoms with Crippen LogP contribution in [0.3, 0.4) is 0 Å². The molecule has 2 aromatic carbocycles. The van der Waals surface area contributed by atoms with Crippen molar-refractivity contribution in [1.29, 1.82) is 5.26 Å². The number of halogens is 1. The third-order valence-corrected chi connectivity index (χ3v) is 8.32. The summed E-state index contributed by atoms with van der Waals surface area (Å²) in [5, 5.41) is 10.3. The molecule has 0 unspecified atom stereocenters.